The Bertz CT molecular complexity index is 584. The minimum absolute atomic E-state index is 0.0581. The molecular formula is C16H19NO3. The molecule has 0 aromatic heterocycles. The molecule has 0 spiro atoms. The van der Waals surface area contributed by atoms with Crippen LogP contribution in [0.15, 0.2) is 42.5 Å². The number of nitrogens with one attached hydrogen (secondary N) is 1. The Kier molecular flexibility index (Phi) is 4.35. The van der Waals surface area contributed by atoms with Gasteiger partial charge in [-0.05, 0) is 37.3 Å². The molecule has 2 rings (SSSR count). The zero-order valence-corrected chi connectivity index (χ0v) is 11.9. The smallest absolute Gasteiger partial charge is 0.121 e. The zero-order chi connectivity index (χ0) is 14.5. The van der Waals surface area contributed by atoms with Crippen molar-refractivity contribution in [2.24, 2.45) is 0 Å². The second-order valence-electron chi connectivity index (χ2n) is 4.52. The molecule has 0 aliphatic carbocycles. The van der Waals surface area contributed by atoms with Gasteiger partial charge in [0.05, 0.1) is 20.3 Å². The van der Waals surface area contributed by atoms with Crippen LogP contribution in [0.5, 0.6) is 17.2 Å². The first-order valence-corrected chi connectivity index (χ1v) is 6.41. The van der Waals surface area contributed by atoms with Crippen molar-refractivity contribution >= 4 is 5.69 Å². The Labute approximate surface area is 119 Å². The summed E-state index contributed by atoms with van der Waals surface area (Å²) in [7, 11) is 3.24. The van der Waals surface area contributed by atoms with Crippen LogP contribution in [0.1, 0.15) is 18.5 Å². The van der Waals surface area contributed by atoms with Gasteiger partial charge in [-0.15, -0.1) is 0 Å². The fourth-order valence-electron chi connectivity index (χ4n) is 2.05. The predicted molar refractivity (Wildman–Crippen MR) is 79.7 cm³/mol. The molecular weight excluding hydrogens is 254 g/mol. The molecule has 4 nitrogen and oxygen atoms in total. The summed E-state index contributed by atoms with van der Waals surface area (Å²) in [6, 6.07) is 12.8. The Hall–Kier alpha value is -2.36. The average Bonchev–Trinajstić information content (AvgIpc) is 2.47. The van der Waals surface area contributed by atoms with Crippen molar-refractivity contribution in [2.45, 2.75) is 13.0 Å². The Balaban J connectivity index is 2.20. The molecule has 20 heavy (non-hydrogen) atoms. The van der Waals surface area contributed by atoms with Crippen LogP contribution in [0.25, 0.3) is 0 Å². The number of methoxy groups -OCH3 is 2. The first-order valence-electron chi connectivity index (χ1n) is 6.41. The van der Waals surface area contributed by atoms with E-state index in [2.05, 4.69) is 5.32 Å². The van der Waals surface area contributed by atoms with Gasteiger partial charge < -0.3 is 19.9 Å². The molecule has 0 bridgehead atoms. The molecule has 0 amide bonds. The Morgan fingerprint density at radius 3 is 2.40 bits per heavy atom. The standard InChI is InChI=1S/C16H19NO3/c1-11(15-10-14(20-3)7-8-16(15)18)17-12-5-4-6-13(9-12)19-2/h4-11,17-18H,1-3H3. The molecule has 0 heterocycles. The SMILES string of the molecule is COc1cccc(NC(C)c2cc(OC)ccc2O)c1. The van der Waals surface area contributed by atoms with Crippen LogP contribution in [-0.4, -0.2) is 19.3 Å². The highest BCUT2D eigenvalue weighted by Crippen LogP contribution is 2.31. The third-order valence-corrected chi connectivity index (χ3v) is 3.15. The highest BCUT2D eigenvalue weighted by molar-refractivity contribution is 5.51. The minimum Gasteiger partial charge on any atom is -0.508 e. The largest absolute Gasteiger partial charge is 0.508 e. The second kappa shape index (κ2) is 6.19. The maximum Gasteiger partial charge on any atom is 0.121 e. The van der Waals surface area contributed by atoms with Crippen molar-refractivity contribution in [1.29, 1.82) is 0 Å². The predicted octanol–water partition coefficient (Wildman–Crippen LogP) is 3.58. The first-order chi connectivity index (χ1) is 9.63. The summed E-state index contributed by atoms with van der Waals surface area (Å²) in [6.07, 6.45) is 0. The highest BCUT2D eigenvalue weighted by atomic mass is 16.5. The van der Waals surface area contributed by atoms with Gasteiger partial charge >= 0.3 is 0 Å². The number of hydrogen-bond donors (Lipinski definition) is 2. The van der Waals surface area contributed by atoms with E-state index in [9.17, 15) is 5.11 Å². The molecule has 0 saturated heterocycles. The molecule has 1 unspecified atom stereocenters. The lowest BCUT2D eigenvalue weighted by molar-refractivity contribution is 0.410. The fourth-order valence-corrected chi connectivity index (χ4v) is 2.05. The molecule has 2 N–H and O–H groups in total. The lowest BCUT2D eigenvalue weighted by atomic mass is 10.1. The molecule has 2 aromatic carbocycles. The van der Waals surface area contributed by atoms with E-state index in [1.165, 1.54) is 0 Å². The summed E-state index contributed by atoms with van der Waals surface area (Å²) in [5.41, 5.74) is 1.71. The van der Waals surface area contributed by atoms with Gasteiger partial charge in [-0.1, -0.05) is 6.07 Å². The van der Waals surface area contributed by atoms with Gasteiger partial charge in [0.15, 0.2) is 0 Å². The Morgan fingerprint density at radius 2 is 1.70 bits per heavy atom. The van der Waals surface area contributed by atoms with Gasteiger partial charge in [-0.25, -0.2) is 0 Å². The fraction of sp³-hybridized carbons (Fsp3) is 0.250. The quantitative estimate of drug-likeness (QED) is 0.874. The summed E-state index contributed by atoms with van der Waals surface area (Å²) < 4.78 is 10.4. The number of rotatable bonds is 5. The molecule has 0 fully saturated rings. The van der Waals surface area contributed by atoms with Crippen LogP contribution in [0, 0.1) is 0 Å². The topological polar surface area (TPSA) is 50.7 Å². The number of aromatic hydroxyl groups is 1. The van der Waals surface area contributed by atoms with Crippen LogP contribution in [0.4, 0.5) is 5.69 Å². The molecule has 0 saturated carbocycles. The normalized spacial score (nSPS) is 11.8. The number of phenolic OH excluding ortho intramolecular Hbond substituents is 1. The molecule has 0 aliphatic rings. The van der Waals surface area contributed by atoms with Crippen molar-refractivity contribution < 1.29 is 14.6 Å². The second-order valence-corrected chi connectivity index (χ2v) is 4.52. The Morgan fingerprint density at radius 1 is 1.00 bits per heavy atom. The molecule has 4 heteroatoms. The van der Waals surface area contributed by atoms with Gasteiger partial charge in [0.25, 0.3) is 0 Å². The van der Waals surface area contributed by atoms with E-state index >= 15 is 0 Å². The van der Waals surface area contributed by atoms with E-state index in [4.69, 9.17) is 9.47 Å². The van der Waals surface area contributed by atoms with E-state index in [1.54, 1.807) is 26.4 Å². The molecule has 0 radical (unpaired) electrons. The zero-order valence-electron chi connectivity index (χ0n) is 11.9. The van der Waals surface area contributed by atoms with Crippen molar-refractivity contribution in [3.8, 4) is 17.2 Å². The third kappa shape index (κ3) is 3.15. The van der Waals surface area contributed by atoms with Crippen molar-refractivity contribution in [1.82, 2.24) is 0 Å². The lowest BCUT2D eigenvalue weighted by Gasteiger charge is -2.18. The third-order valence-electron chi connectivity index (χ3n) is 3.15. The maximum atomic E-state index is 9.96. The average molecular weight is 273 g/mol. The van der Waals surface area contributed by atoms with Crippen LogP contribution in [-0.2, 0) is 0 Å². The molecule has 1 atom stereocenters. The summed E-state index contributed by atoms with van der Waals surface area (Å²) in [4.78, 5) is 0. The van der Waals surface area contributed by atoms with Crippen LogP contribution in [0.2, 0.25) is 0 Å². The van der Waals surface area contributed by atoms with E-state index in [-0.39, 0.29) is 11.8 Å². The van der Waals surface area contributed by atoms with Crippen LogP contribution >= 0.6 is 0 Å². The van der Waals surface area contributed by atoms with Gasteiger partial charge in [0.2, 0.25) is 0 Å². The number of phenols is 1. The number of hydrogen-bond acceptors (Lipinski definition) is 4. The van der Waals surface area contributed by atoms with Gasteiger partial charge in [-0.3, -0.25) is 0 Å². The first kappa shape index (κ1) is 14.1. The van der Waals surface area contributed by atoms with Crippen molar-refractivity contribution in [2.75, 3.05) is 19.5 Å². The highest BCUT2D eigenvalue weighted by Gasteiger charge is 2.12. The summed E-state index contributed by atoms with van der Waals surface area (Å²) in [6.45, 7) is 1.98. The molecule has 106 valence electrons. The lowest BCUT2D eigenvalue weighted by Crippen LogP contribution is -2.07. The van der Waals surface area contributed by atoms with Crippen molar-refractivity contribution in [3.05, 3.63) is 48.0 Å². The summed E-state index contributed by atoms with van der Waals surface area (Å²) >= 11 is 0. The van der Waals surface area contributed by atoms with Gasteiger partial charge in [-0.2, -0.15) is 0 Å². The molecule has 2 aromatic rings. The minimum atomic E-state index is -0.0581. The van der Waals surface area contributed by atoms with E-state index in [0.717, 1.165) is 22.7 Å². The van der Waals surface area contributed by atoms with E-state index in [0.29, 0.717) is 0 Å². The van der Waals surface area contributed by atoms with Gasteiger partial charge in [0.1, 0.15) is 17.2 Å². The maximum absolute atomic E-state index is 9.96. The van der Waals surface area contributed by atoms with E-state index < -0.39 is 0 Å². The summed E-state index contributed by atoms with van der Waals surface area (Å²) in [5, 5.41) is 13.3. The van der Waals surface area contributed by atoms with Crippen molar-refractivity contribution in [3.63, 3.8) is 0 Å². The number of anilines is 1. The monoisotopic (exact) mass is 273 g/mol. The van der Waals surface area contributed by atoms with Crippen LogP contribution < -0.4 is 14.8 Å². The number of benzene rings is 2. The van der Waals surface area contributed by atoms with Gasteiger partial charge in [0, 0.05) is 17.3 Å². The van der Waals surface area contributed by atoms with Crippen LogP contribution in [0.3, 0.4) is 0 Å². The van der Waals surface area contributed by atoms with E-state index in [1.807, 2.05) is 37.3 Å². The summed E-state index contributed by atoms with van der Waals surface area (Å²) in [5.74, 6) is 1.75. The number of ether oxygens (including phenoxy) is 2. The molecule has 0 aliphatic heterocycles.